The van der Waals surface area contributed by atoms with Crippen molar-refractivity contribution in [1.82, 2.24) is 4.81 Å². The Labute approximate surface area is 137 Å². The molecule has 1 radical (unpaired) electrons. The molecule has 1 aliphatic heterocycles. The molecule has 3 nitrogen and oxygen atoms in total. The quantitative estimate of drug-likeness (QED) is 0.576. The van der Waals surface area contributed by atoms with E-state index in [1.54, 1.807) is 7.41 Å². The molecule has 0 N–H and O–H groups in total. The summed E-state index contributed by atoms with van der Waals surface area (Å²) in [6, 6.07) is 0.430. The maximum atomic E-state index is 11.0. The van der Waals surface area contributed by atoms with Crippen LogP contribution in [-0.4, -0.2) is 45.9 Å². The van der Waals surface area contributed by atoms with E-state index >= 15 is 0 Å². The minimum atomic E-state index is -1.72. The maximum absolute atomic E-state index is 11.0. The van der Waals surface area contributed by atoms with Gasteiger partial charge < -0.3 is 14.0 Å². The first-order chi connectivity index (χ1) is 10.2. The van der Waals surface area contributed by atoms with Gasteiger partial charge in [-0.25, -0.2) is 0 Å². The highest BCUT2D eigenvalue weighted by molar-refractivity contribution is 6.74. The molecule has 2 saturated carbocycles. The Bertz CT molecular complexity index is 437. The fourth-order valence-electron chi connectivity index (χ4n) is 4.89. The van der Waals surface area contributed by atoms with Crippen molar-refractivity contribution in [2.24, 2.45) is 23.7 Å². The van der Waals surface area contributed by atoms with Crippen molar-refractivity contribution in [3.63, 3.8) is 0 Å². The summed E-state index contributed by atoms with van der Waals surface area (Å²) in [7, 11) is 0.0564. The number of hydrogen-bond donors (Lipinski definition) is 0. The van der Waals surface area contributed by atoms with Crippen LogP contribution in [-0.2, 0) is 9.22 Å². The van der Waals surface area contributed by atoms with Gasteiger partial charge in [-0.05, 0) is 67.6 Å². The van der Waals surface area contributed by atoms with Gasteiger partial charge in [-0.15, -0.1) is 0 Å². The molecule has 1 saturated heterocycles. The molecule has 0 aromatic rings. The fraction of sp³-hybridized carbons (Fsp3) is 0.941. The number of nitrogens with zero attached hydrogens (tertiary/aromatic N) is 1. The van der Waals surface area contributed by atoms with Crippen molar-refractivity contribution in [3.8, 4) is 0 Å². The third-order valence-electron chi connectivity index (χ3n) is 7.12. The van der Waals surface area contributed by atoms with Gasteiger partial charge in [0.15, 0.2) is 8.32 Å². The van der Waals surface area contributed by atoms with Crippen molar-refractivity contribution in [2.75, 3.05) is 13.2 Å². The van der Waals surface area contributed by atoms with Gasteiger partial charge in [0.05, 0.1) is 6.19 Å². The van der Waals surface area contributed by atoms with Gasteiger partial charge in [0.2, 0.25) is 0 Å². The smallest absolute Gasteiger partial charge is 0.293 e. The second kappa shape index (κ2) is 5.75. The van der Waals surface area contributed by atoms with Crippen molar-refractivity contribution < 1.29 is 9.22 Å². The SMILES string of the molecule is CC(C)(C)[Si](C)(C)OC[C@@H]1C2C3CCC(C3)C2CN1[B]C=O. The van der Waals surface area contributed by atoms with E-state index in [0.717, 1.165) is 43.0 Å². The maximum Gasteiger partial charge on any atom is 0.293 e. The highest BCUT2D eigenvalue weighted by atomic mass is 28.4. The predicted octanol–water partition coefficient (Wildman–Crippen LogP) is 3.16. The zero-order chi connectivity index (χ0) is 16.1. The third-order valence-corrected chi connectivity index (χ3v) is 11.6. The summed E-state index contributed by atoms with van der Waals surface area (Å²) in [5.74, 6) is 3.37. The molecule has 5 atom stereocenters. The first-order valence-electron chi connectivity index (χ1n) is 8.93. The Morgan fingerprint density at radius 1 is 1.27 bits per heavy atom. The first kappa shape index (κ1) is 16.7. The predicted molar refractivity (Wildman–Crippen MR) is 94.0 cm³/mol. The normalized spacial score (nSPS) is 38.3. The molecular weight excluding hydrogens is 289 g/mol. The number of hydrogen-bond acceptors (Lipinski definition) is 3. The summed E-state index contributed by atoms with van der Waals surface area (Å²) in [4.78, 5) is 13.3. The first-order valence-corrected chi connectivity index (χ1v) is 11.8. The summed E-state index contributed by atoms with van der Waals surface area (Å²) in [5, 5.41) is 0.249. The highest BCUT2D eigenvalue weighted by Crippen LogP contribution is 2.57. The molecule has 0 aromatic heterocycles. The molecule has 5 heteroatoms. The van der Waals surface area contributed by atoms with Crippen LogP contribution in [0.1, 0.15) is 40.0 Å². The van der Waals surface area contributed by atoms with E-state index in [4.69, 9.17) is 4.43 Å². The van der Waals surface area contributed by atoms with Gasteiger partial charge in [-0.2, -0.15) is 0 Å². The number of fused-ring (bicyclic) bond motifs is 5. The molecule has 0 amide bonds. The van der Waals surface area contributed by atoms with Crippen LogP contribution in [0.5, 0.6) is 0 Å². The molecule has 22 heavy (non-hydrogen) atoms. The largest absolute Gasteiger partial charge is 0.415 e. The van der Waals surface area contributed by atoms with E-state index in [9.17, 15) is 4.79 Å². The number of rotatable bonds is 5. The van der Waals surface area contributed by atoms with Crippen LogP contribution in [0.25, 0.3) is 0 Å². The summed E-state index contributed by atoms with van der Waals surface area (Å²) in [6.45, 7) is 13.4. The second-order valence-corrected chi connectivity index (χ2v) is 14.0. The van der Waals surface area contributed by atoms with Gasteiger partial charge in [-0.1, -0.05) is 20.8 Å². The monoisotopic (exact) mass is 320 g/mol. The van der Waals surface area contributed by atoms with E-state index < -0.39 is 8.32 Å². The van der Waals surface area contributed by atoms with Crippen LogP contribution in [0.3, 0.4) is 0 Å². The molecule has 3 rings (SSSR count). The van der Waals surface area contributed by atoms with E-state index in [1.165, 1.54) is 19.3 Å². The molecule has 2 aliphatic carbocycles. The number of carbonyl (C=O) groups is 1. The lowest BCUT2D eigenvalue weighted by molar-refractivity contribution is 0.158. The Morgan fingerprint density at radius 3 is 2.59 bits per heavy atom. The number of carbonyl (C=O) groups excluding carboxylic acids is 1. The molecule has 4 unspecified atom stereocenters. The van der Waals surface area contributed by atoms with Crippen molar-refractivity contribution in [3.05, 3.63) is 0 Å². The minimum absolute atomic E-state index is 0.249. The second-order valence-electron chi connectivity index (χ2n) is 9.20. The van der Waals surface area contributed by atoms with Crippen molar-refractivity contribution >= 4 is 21.9 Å². The molecule has 3 fully saturated rings. The molecule has 1 heterocycles. The third kappa shape index (κ3) is 2.73. The Balaban J connectivity index is 1.71. The van der Waals surface area contributed by atoms with E-state index in [1.807, 2.05) is 0 Å². The minimum Gasteiger partial charge on any atom is -0.415 e. The zero-order valence-corrected chi connectivity index (χ0v) is 15.8. The van der Waals surface area contributed by atoms with Gasteiger partial charge in [-0.3, -0.25) is 0 Å². The summed E-state index contributed by atoms with van der Waals surface area (Å²) in [5.41, 5.74) is 0. The lowest BCUT2D eigenvalue weighted by Crippen LogP contribution is -2.47. The Hall–Kier alpha value is -0.128. The zero-order valence-electron chi connectivity index (χ0n) is 14.8. The van der Waals surface area contributed by atoms with E-state index in [2.05, 4.69) is 38.7 Å². The Morgan fingerprint density at radius 2 is 1.95 bits per heavy atom. The average molecular weight is 320 g/mol. The lowest BCUT2D eigenvalue weighted by atomic mass is 9.78. The Kier molecular flexibility index (Phi) is 4.37. The van der Waals surface area contributed by atoms with Crippen LogP contribution in [0, 0.1) is 23.7 Å². The van der Waals surface area contributed by atoms with Gasteiger partial charge in [0.25, 0.3) is 7.41 Å². The molecule has 0 spiro atoms. The van der Waals surface area contributed by atoms with Crippen LogP contribution in [0.2, 0.25) is 18.1 Å². The standard InChI is InChI=1S/C17H31BNO2Si/c1-17(2,3)22(4,5)21-10-15-16-13-7-6-12(8-13)14(16)9-19(15)18-11-20/h11-16H,6-10H2,1-5H3/t12?,13?,14?,15-,16?/m1/s1. The average Bonchev–Trinajstić information content (AvgIpc) is 3.06. The lowest BCUT2D eigenvalue weighted by Gasteiger charge is -2.39. The summed E-state index contributed by atoms with van der Waals surface area (Å²) in [6.07, 6.45) is 5.21. The van der Waals surface area contributed by atoms with Gasteiger partial charge >= 0.3 is 0 Å². The van der Waals surface area contributed by atoms with Crippen molar-refractivity contribution in [1.29, 1.82) is 0 Å². The molecule has 0 aromatic carbocycles. The topological polar surface area (TPSA) is 29.5 Å². The van der Waals surface area contributed by atoms with E-state index in [0.29, 0.717) is 6.04 Å². The fourth-order valence-corrected chi connectivity index (χ4v) is 5.91. The molecular formula is C17H31BNO2Si. The van der Waals surface area contributed by atoms with Gasteiger partial charge in [0, 0.05) is 12.6 Å². The van der Waals surface area contributed by atoms with Crippen LogP contribution in [0.15, 0.2) is 0 Å². The molecule has 3 aliphatic rings. The molecule has 2 bridgehead atoms. The highest BCUT2D eigenvalue weighted by Gasteiger charge is 2.56. The summed E-state index contributed by atoms with van der Waals surface area (Å²) < 4.78 is 6.53. The van der Waals surface area contributed by atoms with E-state index in [-0.39, 0.29) is 5.04 Å². The van der Waals surface area contributed by atoms with Crippen LogP contribution in [0.4, 0.5) is 0 Å². The molecule has 123 valence electrons. The summed E-state index contributed by atoms with van der Waals surface area (Å²) >= 11 is 0. The van der Waals surface area contributed by atoms with Crippen molar-refractivity contribution in [2.45, 2.75) is 64.2 Å². The van der Waals surface area contributed by atoms with Crippen LogP contribution >= 0.6 is 0 Å². The van der Waals surface area contributed by atoms with Crippen LogP contribution < -0.4 is 0 Å². The van der Waals surface area contributed by atoms with Gasteiger partial charge in [0.1, 0.15) is 0 Å².